The number of carbonyl (C=O) groups excluding carboxylic acids is 1. The quantitative estimate of drug-likeness (QED) is 0.536. The third kappa shape index (κ3) is 5.68. The van der Waals surface area contributed by atoms with Crippen molar-refractivity contribution in [2.24, 2.45) is 0 Å². The van der Waals surface area contributed by atoms with Crippen molar-refractivity contribution in [3.63, 3.8) is 0 Å². The number of carbonyl (C=O) groups is 1. The maximum absolute atomic E-state index is 13.2. The molecule has 1 aromatic heterocycles. The highest BCUT2D eigenvalue weighted by molar-refractivity contribution is 5.79. The van der Waals surface area contributed by atoms with Crippen LogP contribution in [0.2, 0.25) is 0 Å². The van der Waals surface area contributed by atoms with Crippen LogP contribution in [0.4, 0.5) is 10.2 Å². The molecule has 8 heteroatoms. The zero-order valence-electron chi connectivity index (χ0n) is 19.7. The van der Waals surface area contributed by atoms with E-state index in [1.807, 2.05) is 43.0 Å². The molecule has 0 bridgehead atoms. The third-order valence-corrected chi connectivity index (χ3v) is 5.86. The fraction of sp³-hybridized carbons (Fsp3) is 0.385. The Hall–Kier alpha value is -3.55. The Kier molecular flexibility index (Phi) is 7.67. The van der Waals surface area contributed by atoms with Crippen molar-refractivity contribution in [3.05, 3.63) is 59.9 Å². The molecular formula is C26H31FN4O3. The number of amides is 1. The molecule has 0 unspecified atom stereocenters. The third-order valence-electron chi connectivity index (χ3n) is 5.86. The van der Waals surface area contributed by atoms with Gasteiger partial charge in [-0.2, -0.15) is 5.10 Å². The predicted molar refractivity (Wildman–Crippen MR) is 130 cm³/mol. The average molecular weight is 467 g/mol. The van der Waals surface area contributed by atoms with Crippen molar-refractivity contribution in [1.29, 1.82) is 0 Å². The molecule has 1 amide bonds. The van der Waals surface area contributed by atoms with Crippen molar-refractivity contribution < 1.29 is 18.7 Å². The van der Waals surface area contributed by atoms with Crippen LogP contribution in [-0.2, 0) is 11.2 Å². The van der Waals surface area contributed by atoms with Crippen LogP contribution in [0.3, 0.4) is 0 Å². The molecule has 0 spiro atoms. The molecule has 2 aromatic carbocycles. The molecule has 180 valence electrons. The summed E-state index contributed by atoms with van der Waals surface area (Å²) < 4.78 is 24.5. The summed E-state index contributed by atoms with van der Waals surface area (Å²) in [6.45, 7) is 7.81. The molecule has 0 saturated carbocycles. The number of halogens is 1. The highest BCUT2D eigenvalue weighted by Gasteiger charge is 2.21. The number of hydrogen-bond acceptors (Lipinski definition) is 5. The van der Waals surface area contributed by atoms with Crippen molar-refractivity contribution in [1.82, 2.24) is 15.1 Å². The first-order valence-corrected chi connectivity index (χ1v) is 11.8. The highest BCUT2D eigenvalue weighted by Crippen LogP contribution is 2.29. The minimum Gasteiger partial charge on any atom is -0.490 e. The van der Waals surface area contributed by atoms with Crippen LogP contribution in [0.1, 0.15) is 25.8 Å². The van der Waals surface area contributed by atoms with Crippen molar-refractivity contribution >= 4 is 11.7 Å². The van der Waals surface area contributed by atoms with Gasteiger partial charge in [0, 0.05) is 32.2 Å². The SMILES string of the molecule is CCOc1ccc(CC(=O)N2CCCN(c3cc(-c4ccc(F)cc4)[nH]n3)CC2)cc1OCC. The zero-order valence-corrected chi connectivity index (χ0v) is 19.7. The lowest BCUT2D eigenvalue weighted by Crippen LogP contribution is -2.36. The van der Waals surface area contributed by atoms with E-state index in [1.165, 1.54) is 12.1 Å². The van der Waals surface area contributed by atoms with E-state index in [2.05, 4.69) is 15.1 Å². The number of nitrogens with one attached hydrogen (secondary N) is 1. The smallest absolute Gasteiger partial charge is 0.227 e. The van der Waals surface area contributed by atoms with Crippen LogP contribution >= 0.6 is 0 Å². The monoisotopic (exact) mass is 466 g/mol. The summed E-state index contributed by atoms with van der Waals surface area (Å²) in [5, 5.41) is 7.48. The first-order chi connectivity index (χ1) is 16.6. The van der Waals surface area contributed by atoms with Crippen LogP contribution < -0.4 is 14.4 Å². The zero-order chi connectivity index (χ0) is 23.9. The van der Waals surface area contributed by atoms with Gasteiger partial charge in [0.1, 0.15) is 5.82 Å². The normalized spacial score (nSPS) is 14.1. The van der Waals surface area contributed by atoms with Crippen LogP contribution in [-0.4, -0.2) is 60.4 Å². The van der Waals surface area contributed by atoms with Gasteiger partial charge in [-0.15, -0.1) is 0 Å². The Balaban J connectivity index is 1.37. The lowest BCUT2D eigenvalue weighted by molar-refractivity contribution is -0.130. The van der Waals surface area contributed by atoms with E-state index in [0.29, 0.717) is 50.8 Å². The van der Waals surface area contributed by atoms with Gasteiger partial charge in [0.25, 0.3) is 0 Å². The number of H-pyrrole nitrogens is 1. The van der Waals surface area contributed by atoms with E-state index in [-0.39, 0.29) is 11.7 Å². The molecule has 7 nitrogen and oxygen atoms in total. The molecule has 1 aliphatic rings. The molecule has 1 aliphatic heterocycles. The van der Waals surface area contributed by atoms with Gasteiger partial charge < -0.3 is 19.3 Å². The number of anilines is 1. The first-order valence-electron chi connectivity index (χ1n) is 11.8. The van der Waals surface area contributed by atoms with E-state index >= 15 is 0 Å². The predicted octanol–water partition coefficient (Wildman–Crippen LogP) is 4.29. The summed E-state index contributed by atoms with van der Waals surface area (Å²) in [7, 11) is 0. The van der Waals surface area contributed by atoms with Crippen LogP contribution in [0.15, 0.2) is 48.5 Å². The molecule has 0 radical (unpaired) electrons. The van der Waals surface area contributed by atoms with Gasteiger partial charge in [-0.25, -0.2) is 4.39 Å². The second-order valence-corrected chi connectivity index (χ2v) is 8.19. The van der Waals surface area contributed by atoms with Crippen molar-refractivity contribution in [2.75, 3.05) is 44.3 Å². The minimum atomic E-state index is -0.264. The molecule has 2 heterocycles. The summed E-state index contributed by atoms with van der Waals surface area (Å²) in [5.74, 6) is 2.04. The second-order valence-electron chi connectivity index (χ2n) is 8.19. The number of hydrogen-bond donors (Lipinski definition) is 1. The van der Waals surface area contributed by atoms with Gasteiger partial charge in [-0.1, -0.05) is 6.07 Å². The Bertz CT molecular complexity index is 1100. The van der Waals surface area contributed by atoms with Crippen LogP contribution in [0.5, 0.6) is 11.5 Å². The molecule has 1 saturated heterocycles. The molecule has 0 atom stereocenters. The lowest BCUT2D eigenvalue weighted by atomic mass is 10.1. The minimum absolute atomic E-state index is 0.0995. The van der Waals surface area contributed by atoms with Gasteiger partial charge >= 0.3 is 0 Å². The summed E-state index contributed by atoms with van der Waals surface area (Å²) in [5.41, 5.74) is 2.63. The Labute approximate surface area is 199 Å². The number of aromatic nitrogens is 2. The molecule has 0 aliphatic carbocycles. The molecule has 1 N–H and O–H groups in total. The Morgan fingerprint density at radius 3 is 2.50 bits per heavy atom. The lowest BCUT2D eigenvalue weighted by Gasteiger charge is -2.22. The van der Waals surface area contributed by atoms with E-state index in [4.69, 9.17) is 9.47 Å². The van der Waals surface area contributed by atoms with Gasteiger partial charge in [0.15, 0.2) is 17.3 Å². The van der Waals surface area contributed by atoms with Gasteiger partial charge in [0.2, 0.25) is 5.91 Å². The van der Waals surface area contributed by atoms with E-state index in [0.717, 1.165) is 35.6 Å². The molecule has 4 rings (SSSR count). The molecule has 3 aromatic rings. The number of rotatable bonds is 8. The fourth-order valence-corrected chi connectivity index (χ4v) is 4.14. The first kappa shape index (κ1) is 23.6. The summed E-state index contributed by atoms with van der Waals surface area (Å²) in [6.07, 6.45) is 1.18. The topological polar surface area (TPSA) is 70.7 Å². The largest absolute Gasteiger partial charge is 0.490 e. The molecule has 1 fully saturated rings. The standard InChI is InChI=1S/C26H31FN4O3/c1-3-33-23-11-6-19(16-24(23)34-4-2)17-26(32)31-13-5-12-30(14-15-31)25-18-22(28-29-25)20-7-9-21(27)10-8-20/h6-11,16,18H,3-5,12-15,17H2,1-2H3,(H,28,29). The molecular weight excluding hydrogens is 435 g/mol. The van der Waals surface area contributed by atoms with Gasteiger partial charge in [-0.05, 0) is 67.8 Å². The summed E-state index contributed by atoms with van der Waals surface area (Å²) in [4.78, 5) is 17.1. The number of aromatic amines is 1. The van der Waals surface area contributed by atoms with Crippen LogP contribution in [0.25, 0.3) is 11.3 Å². The Morgan fingerprint density at radius 2 is 1.74 bits per heavy atom. The van der Waals surface area contributed by atoms with E-state index < -0.39 is 0 Å². The summed E-state index contributed by atoms with van der Waals surface area (Å²) >= 11 is 0. The molecule has 34 heavy (non-hydrogen) atoms. The number of benzene rings is 2. The van der Waals surface area contributed by atoms with E-state index in [1.54, 1.807) is 12.1 Å². The fourth-order valence-electron chi connectivity index (χ4n) is 4.14. The van der Waals surface area contributed by atoms with Crippen LogP contribution in [0, 0.1) is 5.82 Å². The number of nitrogens with zero attached hydrogens (tertiary/aromatic N) is 3. The maximum atomic E-state index is 13.2. The highest BCUT2D eigenvalue weighted by atomic mass is 19.1. The maximum Gasteiger partial charge on any atom is 0.227 e. The van der Waals surface area contributed by atoms with Crippen molar-refractivity contribution in [3.8, 4) is 22.8 Å². The van der Waals surface area contributed by atoms with Gasteiger partial charge in [0.05, 0.1) is 25.3 Å². The summed E-state index contributed by atoms with van der Waals surface area (Å²) in [6, 6.07) is 14.0. The average Bonchev–Trinajstić information content (AvgIpc) is 3.19. The Morgan fingerprint density at radius 1 is 0.971 bits per heavy atom. The van der Waals surface area contributed by atoms with E-state index in [9.17, 15) is 9.18 Å². The van der Waals surface area contributed by atoms with Gasteiger partial charge in [-0.3, -0.25) is 9.89 Å². The van der Waals surface area contributed by atoms with Crippen molar-refractivity contribution in [2.45, 2.75) is 26.7 Å². The number of ether oxygens (including phenoxy) is 2. The second kappa shape index (κ2) is 11.0.